The Morgan fingerprint density at radius 2 is 2.06 bits per heavy atom. The summed E-state index contributed by atoms with van der Waals surface area (Å²) in [6, 6.07) is 9.87. The second-order valence-corrected chi connectivity index (χ2v) is 4.21. The predicted octanol–water partition coefficient (Wildman–Crippen LogP) is 2.79. The van der Waals surface area contributed by atoms with Crippen molar-refractivity contribution in [1.29, 1.82) is 0 Å². The van der Waals surface area contributed by atoms with E-state index >= 15 is 0 Å². The van der Waals surface area contributed by atoms with E-state index in [-0.39, 0.29) is 5.78 Å². The number of nitrogens with zero attached hydrogens (tertiary/aromatic N) is 2. The summed E-state index contributed by atoms with van der Waals surface area (Å²) in [5, 5.41) is 0. The van der Waals surface area contributed by atoms with Crippen LogP contribution in [0.2, 0.25) is 0 Å². The fourth-order valence-corrected chi connectivity index (χ4v) is 2.02. The van der Waals surface area contributed by atoms with Gasteiger partial charge >= 0.3 is 0 Å². The summed E-state index contributed by atoms with van der Waals surface area (Å²) in [6.07, 6.45) is 5.77. The minimum atomic E-state index is -0.676. The van der Waals surface area contributed by atoms with Crippen LogP contribution >= 0.6 is 0 Å². The lowest BCUT2D eigenvalue weighted by atomic mass is 9.92. The summed E-state index contributed by atoms with van der Waals surface area (Å²) in [7, 11) is 0. The molecule has 1 aromatic rings. The maximum Gasteiger partial charge on any atom is 0.163 e. The van der Waals surface area contributed by atoms with Gasteiger partial charge in [-0.15, -0.1) is 0 Å². The molecule has 0 saturated heterocycles. The third-order valence-corrected chi connectivity index (χ3v) is 3.05. The average Bonchev–Trinajstić information content (AvgIpc) is 2.39. The number of benzene rings is 1. The number of anilines is 1. The monoisotopic (exact) mass is 228 g/mol. The van der Waals surface area contributed by atoms with Gasteiger partial charge in [-0.25, -0.2) is 0 Å². The number of carbonyl (C=O) groups is 1. The van der Waals surface area contributed by atoms with Crippen molar-refractivity contribution in [2.45, 2.75) is 25.8 Å². The molecule has 0 spiro atoms. The van der Waals surface area contributed by atoms with Crippen LogP contribution in [0.3, 0.4) is 0 Å². The zero-order valence-corrected chi connectivity index (χ0v) is 10.1. The van der Waals surface area contributed by atoms with Crippen molar-refractivity contribution >= 4 is 17.7 Å². The van der Waals surface area contributed by atoms with Crippen molar-refractivity contribution in [2.24, 2.45) is 4.99 Å². The van der Waals surface area contributed by atoms with E-state index in [2.05, 4.69) is 4.99 Å². The van der Waals surface area contributed by atoms with Crippen LogP contribution in [0, 0.1) is 0 Å². The quantitative estimate of drug-likeness (QED) is 0.797. The zero-order valence-electron chi connectivity index (χ0n) is 10.1. The molecule has 88 valence electrons. The van der Waals surface area contributed by atoms with Crippen molar-refractivity contribution < 1.29 is 4.79 Å². The molecule has 1 aliphatic rings. The molecule has 1 aromatic carbocycles. The SMILES string of the molecule is CCC(=O)C1(C)C=NC=CN1c1ccccc1. The summed E-state index contributed by atoms with van der Waals surface area (Å²) < 4.78 is 0. The van der Waals surface area contributed by atoms with Crippen LogP contribution in [-0.4, -0.2) is 17.5 Å². The smallest absolute Gasteiger partial charge is 0.163 e. The van der Waals surface area contributed by atoms with Gasteiger partial charge in [0.25, 0.3) is 0 Å². The molecule has 0 aromatic heterocycles. The first-order chi connectivity index (χ1) is 8.18. The van der Waals surface area contributed by atoms with Gasteiger partial charge in [-0.2, -0.15) is 0 Å². The minimum Gasteiger partial charge on any atom is -0.328 e. The third-order valence-electron chi connectivity index (χ3n) is 3.05. The minimum absolute atomic E-state index is 0.162. The van der Waals surface area contributed by atoms with Crippen LogP contribution in [0.15, 0.2) is 47.7 Å². The van der Waals surface area contributed by atoms with E-state index in [1.165, 1.54) is 0 Å². The molecule has 3 heteroatoms. The van der Waals surface area contributed by atoms with Gasteiger partial charge < -0.3 is 4.90 Å². The number of para-hydroxylation sites is 1. The molecule has 0 saturated carbocycles. The lowest BCUT2D eigenvalue weighted by molar-refractivity contribution is -0.121. The van der Waals surface area contributed by atoms with E-state index in [1.807, 2.05) is 55.3 Å². The molecule has 17 heavy (non-hydrogen) atoms. The highest BCUT2D eigenvalue weighted by Crippen LogP contribution is 2.27. The number of ketones is 1. The maximum atomic E-state index is 12.1. The first kappa shape index (κ1) is 11.6. The number of hydrogen-bond donors (Lipinski definition) is 0. The second kappa shape index (κ2) is 4.53. The van der Waals surface area contributed by atoms with Crippen LogP contribution in [0.4, 0.5) is 5.69 Å². The molecule has 0 bridgehead atoms. The maximum absolute atomic E-state index is 12.1. The van der Waals surface area contributed by atoms with E-state index in [4.69, 9.17) is 0 Å². The Morgan fingerprint density at radius 1 is 1.35 bits per heavy atom. The van der Waals surface area contributed by atoms with Gasteiger partial charge in [-0.3, -0.25) is 9.79 Å². The number of carbonyl (C=O) groups excluding carboxylic acids is 1. The van der Waals surface area contributed by atoms with Crippen molar-refractivity contribution in [3.63, 3.8) is 0 Å². The van der Waals surface area contributed by atoms with Gasteiger partial charge in [-0.05, 0) is 19.1 Å². The van der Waals surface area contributed by atoms with Gasteiger partial charge in [-0.1, -0.05) is 25.1 Å². The molecule has 1 unspecified atom stereocenters. The Balaban J connectivity index is 2.42. The van der Waals surface area contributed by atoms with Gasteiger partial charge in [0.05, 0.1) is 0 Å². The fourth-order valence-electron chi connectivity index (χ4n) is 2.02. The first-order valence-electron chi connectivity index (χ1n) is 5.77. The molecule has 0 radical (unpaired) electrons. The molecule has 0 amide bonds. The highest BCUT2D eigenvalue weighted by Gasteiger charge is 2.36. The number of rotatable bonds is 3. The van der Waals surface area contributed by atoms with Gasteiger partial charge in [0, 0.05) is 30.7 Å². The summed E-state index contributed by atoms with van der Waals surface area (Å²) in [5.74, 6) is 0.162. The van der Waals surface area contributed by atoms with Crippen molar-refractivity contribution in [1.82, 2.24) is 0 Å². The van der Waals surface area contributed by atoms with Crippen LogP contribution in [-0.2, 0) is 4.79 Å². The Kier molecular flexibility index (Phi) is 3.09. The molecule has 0 fully saturated rings. The Morgan fingerprint density at radius 3 is 2.71 bits per heavy atom. The van der Waals surface area contributed by atoms with Gasteiger partial charge in [0.2, 0.25) is 0 Å². The molecule has 1 atom stereocenters. The van der Waals surface area contributed by atoms with Crippen LogP contribution in [0.1, 0.15) is 20.3 Å². The average molecular weight is 228 g/mol. The van der Waals surface area contributed by atoms with E-state index in [1.54, 1.807) is 12.4 Å². The van der Waals surface area contributed by atoms with Crippen molar-refractivity contribution in [3.05, 3.63) is 42.7 Å². The Bertz CT molecular complexity index is 464. The van der Waals surface area contributed by atoms with E-state index in [0.29, 0.717) is 6.42 Å². The van der Waals surface area contributed by atoms with E-state index < -0.39 is 5.54 Å². The first-order valence-corrected chi connectivity index (χ1v) is 5.77. The molecule has 1 aliphatic heterocycles. The van der Waals surface area contributed by atoms with Crippen LogP contribution in [0.25, 0.3) is 0 Å². The molecule has 2 rings (SSSR count). The molecule has 0 aliphatic carbocycles. The van der Waals surface area contributed by atoms with E-state index in [0.717, 1.165) is 5.69 Å². The van der Waals surface area contributed by atoms with Gasteiger partial charge in [0.1, 0.15) is 5.54 Å². The highest BCUT2D eigenvalue weighted by molar-refractivity contribution is 6.08. The van der Waals surface area contributed by atoms with Crippen molar-refractivity contribution in [3.8, 4) is 0 Å². The number of aliphatic imine (C=N–C) groups is 1. The lowest BCUT2D eigenvalue weighted by Crippen LogP contribution is -2.52. The summed E-state index contributed by atoms with van der Waals surface area (Å²) >= 11 is 0. The second-order valence-electron chi connectivity index (χ2n) is 4.21. The van der Waals surface area contributed by atoms with Crippen molar-refractivity contribution in [2.75, 3.05) is 4.90 Å². The predicted molar refractivity (Wildman–Crippen MR) is 70.3 cm³/mol. The molecule has 1 heterocycles. The molecular formula is C14H16N2O. The number of Topliss-reactive ketones (excluding diaryl/α,β-unsaturated/α-hetero) is 1. The topological polar surface area (TPSA) is 32.7 Å². The van der Waals surface area contributed by atoms with Gasteiger partial charge in [0.15, 0.2) is 5.78 Å². The molecular weight excluding hydrogens is 212 g/mol. The molecule has 3 nitrogen and oxygen atoms in total. The molecule has 0 N–H and O–H groups in total. The van der Waals surface area contributed by atoms with Crippen LogP contribution in [0.5, 0.6) is 0 Å². The Hall–Kier alpha value is -1.90. The summed E-state index contributed by atoms with van der Waals surface area (Å²) in [4.78, 5) is 18.2. The number of hydrogen-bond acceptors (Lipinski definition) is 3. The third kappa shape index (κ3) is 2.00. The van der Waals surface area contributed by atoms with E-state index in [9.17, 15) is 4.79 Å². The standard InChI is InChI=1S/C14H16N2O/c1-3-13(17)14(2)11-15-9-10-16(14)12-7-5-4-6-8-12/h4-11H,3H2,1-2H3. The normalized spacial score (nSPS) is 22.8. The zero-order chi connectivity index (χ0) is 12.3. The summed E-state index contributed by atoms with van der Waals surface area (Å²) in [6.45, 7) is 3.78. The van der Waals surface area contributed by atoms with Crippen LogP contribution < -0.4 is 4.90 Å². The highest BCUT2D eigenvalue weighted by atomic mass is 16.1. The Labute approximate surface area is 101 Å². The fraction of sp³-hybridized carbons (Fsp3) is 0.286. The lowest BCUT2D eigenvalue weighted by Gasteiger charge is -2.37. The summed E-state index contributed by atoms with van der Waals surface area (Å²) in [5.41, 5.74) is 0.324. The largest absolute Gasteiger partial charge is 0.328 e.